The Kier molecular flexibility index (Phi) is 3.86. The van der Waals surface area contributed by atoms with Gasteiger partial charge in [0.15, 0.2) is 0 Å². The second-order valence-corrected chi connectivity index (χ2v) is 4.23. The summed E-state index contributed by atoms with van der Waals surface area (Å²) >= 11 is 5.85. The Morgan fingerprint density at radius 3 is 2.94 bits per heavy atom. The Morgan fingerprint density at radius 2 is 2.29 bits per heavy atom. The molecule has 17 heavy (non-hydrogen) atoms. The first-order valence-corrected chi connectivity index (χ1v) is 5.88. The maximum atomic E-state index is 12.2. The minimum atomic E-state index is -0.182. The number of methoxy groups -OCH3 is 1. The molecule has 0 N–H and O–H groups in total. The fourth-order valence-corrected chi connectivity index (χ4v) is 1.90. The van der Waals surface area contributed by atoms with Crippen LogP contribution >= 0.6 is 11.6 Å². The third kappa shape index (κ3) is 2.70. The van der Waals surface area contributed by atoms with E-state index in [0.717, 1.165) is 12.8 Å². The number of rotatable bonds is 2. The average molecular weight is 256 g/mol. The molecule has 0 atom stereocenters. The summed E-state index contributed by atoms with van der Waals surface area (Å²) < 4.78 is 5.15. The SMILES string of the molecule is COc1cc(Cl)ccc1C(=O)N1CCCCO1. The highest BCUT2D eigenvalue weighted by molar-refractivity contribution is 6.30. The molecule has 1 amide bonds. The van der Waals surface area contributed by atoms with Crippen LogP contribution in [0.15, 0.2) is 18.2 Å². The molecule has 0 aromatic heterocycles. The van der Waals surface area contributed by atoms with Crippen LogP contribution in [0.25, 0.3) is 0 Å². The fourth-order valence-electron chi connectivity index (χ4n) is 1.73. The summed E-state index contributed by atoms with van der Waals surface area (Å²) in [7, 11) is 1.51. The van der Waals surface area contributed by atoms with Crippen LogP contribution in [0, 0.1) is 0 Å². The zero-order valence-electron chi connectivity index (χ0n) is 9.61. The van der Waals surface area contributed by atoms with Gasteiger partial charge in [-0.2, -0.15) is 0 Å². The quantitative estimate of drug-likeness (QED) is 0.815. The van der Waals surface area contributed by atoms with E-state index in [1.807, 2.05) is 0 Å². The van der Waals surface area contributed by atoms with E-state index in [1.165, 1.54) is 12.2 Å². The Labute approximate surface area is 105 Å². The van der Waals surface area contributed by atoms with Crippen molar-refractivity contribution in [3.05, 3.63) is 28.8 Å². The summed E-state index contributed by atoms with van der Waals surface area (Å²) in [4.78, 5) is 17.5. The molecule has 92 valence electrons. The highest BCUT2D eigenvalue weighted by atomic mass is 35.5. The summed E-state index contributed by atoms with van der Waals surface area (Å²) in [6, 6.07) is 4.95. The molecule has 1 aliphatic rings. The molecule has 0 bridgehead atoms. The van der Waals surface area contributed by atoms with Crippen molar-refractivity contribution in [3.8, 4) is 5.75 Å². The zero-order chi connectivity index (χ0) is 12.3. The fraction of sp³-hybridized carbons (Fsp3) is 0.417. The van der Waals surface area contributed by atoms with Gasteiger partial charge in [0.1, 0.15) is 5.75 Å². The van der Waals surface area contributed by atoms with E-state index in [4.69, 9.17) is 21.2 Å². The van der Waals surface area contributed by atoms with Gasteiger partial charge in [0.2, 0.25) is 0 Å². The normalized spacial score (nSPS) is 15.8. The summed E-state index contributed by atoms with van der Waals surface area (Å²) in [5, 5.41) is 1.92. The number of ether oxygens (including phenoxy) is 1. The molecule has 1 aromatic carbocycles. The predicted molar refractivity (Wildman–Crippen MR) is 64.2 cm³/mol. The van der Waals surface area contributed by atoms with E-state index >= 15 is 0 Å². The predicted octanol–water partition coefficient (Wildman–Crippen LogP) is 2.52. The topological polar surface area (TPSA) is 38.8 Å². The van der Waals surface area contributed by atoms with Gasteiger partial charge in [0, 0.05) is 11.6 Å². The van der Waals surface area contributed by atoms with Gasteiger partial charge in [-0.25, -0.2) is 5.06 Å². The number of hydrogen-bond acceptors (Lipinski definition) is 3. The first-order chi connectivity index (χ1) is 8.22. The van der Waals surface area contributed by atoms with Gasteiger partial charge in [-0.1, -0.05) is 11.6 Å². The van der Waals surface area contributed by atoms with Crippen LogP contribution in [0.5, 0.6) is 5.75 Å². The van der Waals surface area contributed by atoms with Crippen molar-refractivity contribution in [3.63, 3.8) is 0 Å². The Hall–Kier alpha value is -1.26. The van der Waals surface area contributed by atoms with Crippen LogP contribution in [0.2, 0.25) is 5.02 Å². The van der Waals surface area contributed by atoms with Crippen molar-refractivity contribution in [2.75, 3.05) is 20.3 Å². The smallest absolute Gasteiger partial charge is 0.281 e. The summed E-state index contributed by atoms with van der Waals surface area (Å²) in [5.41, 5.74) is 0.471. The second kappa shape index (κ2) is 5.38. The van der Waals surface area contributed by atoms with E-state index in [1.54, 1.807) is 18.2 Å². The molecule has 1 saturated heterocycles. The Balaban J connectivity index is 2.23. The molecule has 0 saturated carbocycles. The minimum Gasteiger partial charge on any atom is -0.496 e. The molecule has 2 rings (SSSR count). The van der Waals surface area contributed by atoms with Crippen LogP contribution in [-0.4, -0.2) is 31.2 Å². The molecule has 1 heterocycles. The molecule has 0 aliphatic carbocycles. The molecule has 0 radical (unpaired) electrons. The molecule has 1 aromatic rings. The monoisotopic (exact) mass is 255 g/mol. The maximum absolute atomic E-state index is 12.2. The number of amides is 1. The van der Waals surface area contributed by atoms with Crippen molar-refractivity contribution in [2.45, 2.75) is 12.8 Å². The van der Waals surface area contributed by atoms with Gasteiger partial charge < -0.3 is 4.74 Å². The van der Waals surface area contributed by atoms with Crippen molar-refractivity contribution in [1.29, 1.82) is 0 Å². The lowest BCUT2D eigenvalue weighted by molar-refractivity contribution is -0.144. The number of carbonyl (C=O) groups excluding carboxylic acids is 1. The van der Waals surface area contributed by atoms with Crippen LogP contribution < -0.4 is 4.74 Å². The number of nitrogens with zero attached hydrogens (tertiary/aromatic N) is 1. The van der Waals surface area contributed by atoms with E-state index in [9.17, 15) is 4.79 Å². The lowest BCUT2D eigenvalue weighted by Crippen LogP contribution is -2.35. The average Bonchev–Trinajstić information content (AvgIpc) is 2.39. The second-order valence-electron chi connectivity index (χ2n) is 3.79. The number of halogens is 1. The number of hydrogen-bond donors (Lipinski definition) is 0. The van der Waals surface area contributed by atoms with Gasteiger partial charge >= 0.3 is 0 Å². The van der Waals surface area contributed by atoms with Crippen LogP contribution in [0.4, 0.5) is 0 Å². The third-order valence-electron chi connectivity index (χ3n) is 2.62. The number of benzene rings is 1. The van der Waals surface area contributed by atoms with E-state index < -0.39 is 0 Å². The largest absolute Gasteiger partial charge is 0.496 e. The van der Waals surface area contributed by atoms with Crippen molar-refractivity contribution >= 4 is 17.5 Å². The molecule has 4 nitrogen and oxygen atoms in total. The number of hydroxylamine groups is 2. The van der Waals surface area contributed by atoms with Gasteiger partial charge in [-0.15, -0.1) is 0 Å². The van der Waals surface area contributed by atoms with Crippen molar-refractivity contribution in [2.24, 2.45) is 0 Å². The number of carbonyl (C=O) groups is 1. The summed E-state index contributed by atoms with van der Waals surface area (Å²) in [6.07, 6.45) is 1.95. The van der Waals surface area contributed by atoms with E-state index in [0.29, 0.717) is 29.5 Å². The molecule has 0 unspecified atom stereocenters. The summed E-state index contributed by atoms with van der Waals surface area (Å²) in [6.45, 7) is 1.20. The highest BCUT2D eigenvalue weighted by Gasteiger charge is 2.22. The van der Waals surface area contributed by atoms with Gasteiger partial charge in [0.25, 0.3) is 5.91 Å². The molecule has 5 heteroatoms. The minimum absolute atomic E-state index is 0.182. The molecule has 1 aliphatic heterocycles. The Bertz CT molecular complexity index is 416. The maximum Gasteiger partial charge on any atom is 0.281 e. The van der Waals surface area contributed by atoms with Gasteiger partial charge in [0.05, 0.1) is 19.3 Å². The Morgan fingerprint density at radius 1 is 1.47 bits per heavy atom. The molecule has 1 fully saturated rings. The van der Waals surface area contributed by atoms with Crippen molar-refractivity contribution < 1.29 is 14.4 Å². The van der Waals surface area contributed by atoms with Crippen LogP contribution in [0.3, 0.4) is 0 Å². The van der Waals surface area contributed by atoms with Gasteiger partial charge in [-0.05, 0) is 31.0 Å². The molecular formula is C12H14ClNO3. The van der Waals surface area contributed by atoms with Crippen LogP contribution in [0.1, 0.15) is 23.2 Å². The van der Waals surface area contributed by atoms with Gasteiger partial charge in [-0.3, -0.25) is 9.63 Å². The lowest BCUT2D eigenvalue weighted by atomic mass is 10.1. The summed E-state index contributed by atoms with van der Waals surface area (Å²) in [5.74, 6) is 0.287. The third-order valence-corrected chi connectivity index (χ3v) is 2.86. The highest BCUT2D eigenvalue weighted by Crippen LogP contribution is 2.25. The first kappa shape index (κ1) is 12.2. The van der Waals surface area contributed by atoms with Crippen LogP contribution in [-0.2, 0) is 4.84 Å². The standard InChI is InChI=1S/C12H14ClNO3/c1-16-11-8-9(13)4-5-10(11)12(15)14-6-2-3-7-17-14/h4-5,8H,2-3,6-7H2,1H3. The zero-order valence-corrected chi connectivity index (χ0v) is 10.4. The van der Waals surface area contributed by atoms with E-state index in [-0.39, 0.29) is 5.91 Å². The molecule has 0 spiro atoms. The van der Waals surface area contributed by atoms with E-state index in [2.05, 4.69) is 0 Å². The van der Waals surface area contributed by atoms with Crippen molar-refractivity contribution in [1.82, 2.24) is 5.06 Å². The molecular weight excluding hydrogens is 242 g/mol. The first-order valence-electron chi connectivity index (χ1n) is 5.50. The lowest BCUT2D eigenvalue weighted by Gasteiger charge is -2.26.